The lowest BCUT2D eigenvalue weighted by atomic mass is 10.0. The number of hydrogen-bond acceptors (Lipinski definition) is 7. The lowest BCUT2D eigenvalue weighted by Gasteiger charge is -2.31. The maximum absolute atomic E-state index is 14.2. The van der Waals surface area contributed by atoms with Crippen LogP contribution in [-0.4, -0.2) is 37.0 Å². The number of halogens is 1. The number of benzene rings is 3. The van der Waals surface area contributed by atoms with E-state index in [1.54, 1.807) is 25.1 Å². The molecule has 0 saturated heterocycles. The van der Waals surface area contributed by atoms with Crippen LogP contribution in [0.4, 0.5) is 10.1 Å². The van der Waals surface area contributed by atoms with Crippen LogP contribution >= 0.6 is 0 Å². The van der Waals surface area contributed by atoms with E-state index >= 15 is 0 Å². The Labute approximate surface area is 245 Å². The number of carbonyl (C=O) groups is 2. The molecule has 11 heteroatoms. The summed E-state index contributed by atoms with van der Waals surface area (Å²) in [6.45, 7) is 1.68. The maximum Gasteiger partial charge on any atom is 0.251 e. The predicted molar refractivity (Wildman–Crippen MR) is 157 cm³/mol. The van der Waals surface area contributed by atoms with E-state index in [1.807, 2.05) is 54.6 Å². The number of hydrogen-bond donors (Lipinski definition) is 1. The quantitative estimate of drug-likeness (QED) is 0.257. The van der Waals surface area contributed by atoms with E-state index in [0.717, 1.165) is 21.3 Å². The Hall–Kier alpha value is -5.71. The number of furan rings is 1. The number of aromatic nitrogens is 5. The van der Waals surface area contributed by atoms with Crippen molar-refractivity contribution in [1.29, 1.82) is 0 Å². The average molecular weight is 576 g/mol. The highest BCUT2D eigenvalue weighted by Gasteiger charge is 2.34. The number of anilines is 1. The summed E-state index contributed by atoms with van der Waals surface area (Å²) in [7, 11) is 0. The average Bonchev–Trinajstić information content (AvgIpc) is 3.68. The number of amides is 2. The number of nitrogens with zero attached hydrogens (tertiary/aromatic N) is 6. The number of fused-ring (bicyclic) bond motifs is 1. The lowest BCUT2D eigenvalue weighted by molar-refractivity contribution is -0.127. The molecule has 6 aromatic rings. The number of pyridine rings is 1. The Morgan fingerprint density at radius 3 is 2.51 bits per heavy atom. The van der Waals surface area contributed by atoms with E-state index in [9.17, 15) is 14.0 Å². The highest BCUT2D eigenvalue weighted by Crippen LogP contribution is 2.30. The van der Waals surface area contributed by atoms with Gasteiger partial charge in [0, 0.05) is 11.9 Å². The van der Waals surface area contributed by atoms with Crippen LogP contribution in [0.25, 0.3) is 22.5 Å². The summed E-state index contributed by atoms with van der Waals surface area (Å²) in [4.78, 5) is 35.1. The number of para-hydroxylation sites is 1. The molecule has 3 aromatic carbocycles. The van der Waals surface area contributed by atoms with Crippen LogP contribution in [0.1, 0.15) is 22.9 Å². The minimum absolute atomic E-state index is 0.218. The third-order valence-corrected chi connectivity index (χ3v) is 6.82. The van der Waals surface area contributed by atoms with Gasteiger partial charge in [0.2, 0.25) is 11.7 Å². The molecule has 10 nitrogen and oxygen atoms in total. The van der Waals surface area contributed by atoms with Gasteiger partial charge < -0.3 is 9.73 Å². The Bertz CT molecular complexity index is 1890. The number of aryl methyl sites for hydroxylation is 1. The van der Waals surface area contributed by atoms with Crippen molar-refractivity contribution >= 4 is 28.4 Å². The fourth-order valence-electron chi connectivity index (χ4n) is 4.73. The monoisotopic (exact) mass is 575 g/mol. The van der Waals surface area contributed by atoms with Crippen molar-refractivity contribution in [2.45, 2.75) is 26.1 Å². The second-order valence-corrected chi connectivity index (χ2v) is 9.86. The Morgan fingerprint density at radius 1 is 0.977 bits per heavy atom. The first kappa shape index (κ1) is 27.5. The Balaban J connectivity index is 1.39. The van der Waals surface area contributed by atoms with Crippen LogP contribution in [0, 0.1) is 12.7 Å². The van der Waals surface area contributed by atoms with Crippen LogP contribution in [0.2, 0.25) is 0 Å². The summed E-state index contributed by atoms with van der Waals surface area (Å²) in [6, 6.07) is 26.4. The zero-order valence-electron chi connectivity index (χ0n) is 23.1. The van der Waals surface area contributed by atoms with Crippen molar-refractivity contribution in [2.75, 3.05) is 4.90 Å². The molecule has 3 heterocycles. The molecule has 2 amide bonds. The molecule has 0 saturated carbocycles. The Kier molecular flexibility index (Phi) is 7.68. The van der Waals surface area contributed by atoms with Crippen molar-refractivity contribution < 1.29 is 18.4 Å². The molecule has 0 spiro atoms. The molecule has 214 valence electrons. The molecule has 0 fully saturated rings. The van der Waals surface area contributed by atoms with Crippen molar-refractivity contribution in [3.05, 3.63) is 126 Å². The summed E-state index contributed by atoms with van der Waals surface area (Å²) in [5.74, 6) is -0.131. The topological polar surface area (TPSA) is 119 Å². The van der Waals surface area contributed by atoms with Gasteiger partial charge >= 0.3 is 0 Å². The summed E-state index contributed by atoms with van der Waals surface area (Å²) in [5, 5.41) is 16.1. The Morgan fingerprint density at radius 2 is 1.74 bits per heavy atom. The van der Waals surface area contributed by atoms with E-state index < -0.39 is 23.7 Å². The van der Waals surface area contributed by atoms with E-state index in [2.05, 4.69) is 25.7 Å². The molecule has 1 atom stereocenters. The van der Waals surface area contributed by atoms with Crippen LogP contribution in [0.15, 0.2) is 108 Å². The zero-order valence-corrected chi connectivity index (χ0v) is 23.1. The fourth-order valence-corrected chi connectivity index (χ4v) is 4.73. The maximum atomic E-state index is 14.2. The molecule has 0 aliphatic heterocycles. The van der Waals surface area contributed by atoms with Crippen molar-refractivity contribution in [2.24, 2.45) is 0 Å². The van der Waals surface area contributed by atoms with Crippen LogP contribution in [0.5, 0.6) is 0 Å². The molecule has 6 rings (SSSR count). The van der Waals surface area contributed by atoms with Crippen LogP contribution < -0.4 is 10.2 Å². The molecular formula is C32H26FN7O3. The van der Waals surface area contributed by atoms with Crippen LogP contribution in [-0.2, 0) is 22.7 Å². The standard InChI is InChI=1S/C32H26FN7O3/c1-21-11-16-28(43-21)31-36-38-39(37-31)20-29(41)40(26-17-24-9-5-6-10-27(24)34-19-26)30(23-12-14-25(33)15-13-23)32(42)35-18-22-7-3-2-4-8-22/h2-17,19,30H,18,20H2,1H3,(H,35,42)/t30-/m1/s1. The third kappa shape index (κ3) is 6.15. The normalized spacial score (nSPS) is 11.8. The van der Waals surface area contributed by atoms with E-state index in [0.29, 0.717) is 22.8 Å². The first-order valence-electron chi connectivity index (χ1n) is 13.5. The van der Waals surface area contributed by atoms with Gasteiger partial charge in [0.25, 0.3) is 5.91 Å². The van der Waals surface area contributed by atoms with Gasteiger partial charge in [-0.25, -0.2) is 4.39 Å². The first-order valence-corrected chi connectivity index (χ1v) is 13.5. The van der Waals surface area contributed by atoms with E-state index in [4.69, 9.17) is 4.42 Å². The highest BCUT2D eigenvalue weighted by atomic mass is 19.1. The molecule has 43 heavy (non-hydrogen) atoms. The summed E-state index contributed by atoms with van der Waals surface area (Å²) < 4.78 is 19.6. The van der Waals surface area contributed by atoms with Gasteiger partial charge in [-0.15, -0.1) is 10.2 Å². The molecule has 1 N–H and O–H groups in total. The van der Waals surface area contributed by atoms with Crippen molar-refractivity contribution in [3.63, 3.8) is 0 Å². The minimum atomic E-state index is -1.17. The third-order valence-electron chi connectivity index (χ3n) is 6.82. The second-order valence-electron chi connectivity index (χ2n) is 9.86. The lowest BCUT2D eigenvalue weighted by Crippen LogP contribution is -2.45. The van der Waals surface area contributed by atoms with Gasteiger partial charge in [0.05, 0.1) is 17.4 Å². The number of rotatable bonds is 9. The van der Waals surface area contributed by atoms with E-state index in [1.165, 1.54) is 35.4 Å². The number of carbonyl (C=O) groups excluding carboxylic acids is 2. The van der Waals surface area contributed by atoms with Gasteiger partial charge in [-0.05, 0) is 59.7 Å². The van der Waals surface area contributed by atoms with Crippen molar-refractivity contribution in [1.82, 2.24) is 30.5 Å². The molecule has 0 bridgehead atoms. The number of tetrazole rings is 1. The molecular weight excluding hydrogens is 549 g/mol. The molecule has 0 aliphatic carbocycles. The highest BCUT2D eigenvalue weighted by molar-refractivity contribution is 6.02. The van der Waals surface area contributed by atoms with Crippen molar-refractivity contribution in [3.8, 4) is 11.6 Å². The first-order chi connectivity index (χ1) is 20.9. The molecule has 0 unspecified atom stereocenters. The van der Waals surface area contributed by atoms with Gasteiger partial charge in [0.15, 0.2) is 5.76 Å². The summed E-state index contributed by atoms with van der Waals surface area (Å²) in [5.41, 5.74) is 2.38. The smallest absolute Gasteiger partial charge is 0.251 e. The molecule has 0 aliphatic rings. The van der Waals surface area contributed by atoms with Crippen LogP contribution in [0.3, 0.4) is 0 Å². The SMILES string of the molecule is Cc1ccc(-c2nnn(CC(=O)N(c3cnc4ccccc4c3)[C@@H](C(=O)NCc3ccccc3)c3ccc(F)cc3)n2)o1. The molecule has 0 radical (unpaired) electrons. The largest absolute Gasteiger partial charge is 0.458 e. The summed E-state index contributed by atoms with van der Waals surface area (Å²) in [6.07, 6.45) is 1.53. The van der Waals surface area contributed by atoms with Gasteiger partial charge in [-0.2, -0.15) is 4.80 Å². The minimum Gasteiger partial charge on any atom is -0.458 e. The van der Waals surface area contributed by atoms with Gasteiger partial charge in [0.1, 0.15) is 24.2 Å². The fraction of sp³-hybridized carbons (Fsp3) is 0.125. The predicted octanol–water partition coefficient (Wildman–Crippen LogP) is 5.02. The molecule has 3 aromatic heterocycles. The van der Waals surface area contributed by atoms with Gasteiger partial charge in [-0.1, -0.05) is 60.7 Å². The zero-order chi connectivity index (χ0) is 29.8. The van der Waals surface area contributed by atoms with E-state index in [-0.39, 0.29) is 18.9 Å². The second kappa shape index (κ2) is 12.0. The van der Waals surface area contributed by atoms with Gasteiger partial charge in [-0.3, -0.25) is 19.5 Å². The number of nitrogens with one attached hydrogen (secondary N) is 1. The summed E-state index contributed by atoms with van der Waals surface area (Å²) >= 11 is 0.